The van der Waals surface area contributed by atoms with Crippen LogP contribution in [0.3, 0.4) is 0 Å². The van der Waals surface area contributed by atoms with E-state index in [0.29, 0.717) is 12.8 Å². The first kappa shape index (κ1) is 39.6. The molecule has 0 aliphatic heterocycles. The lowest BCUT2D eigenvalue weighted by Gasteiger charge is -2.18. The summed E-state index contributed by atoms with van der Waals surface area (Å²) in [6.45, 7) is 3.35. The van der Waals surface area contributed by atoms with Crippen molar-refractivity contribution in [3.05, 3.63) is 12.2 Å². The maximum absolute atomic E-state index is 12.5. The number of unbranched alkanes of at least 4 members (excludes halogenated alkanes) is 13. The van der Waals surface area contributed by atoms with E-state index in [9.17, 15) is 19.2 Å². The number of aliphatic carboxylic acids is 1. The van der Waals surface area contributed by atoms with E-state index in [4.69, 9.17) is 14.9 Å². The molecule has 4 N–H and O–H groups in total. The highest BCUT2D eigenvalue weighted by Gasteiger charge is 2.19. The third-order valence-electron chi connectivity index (χ3n) is 7.24. The van der Waals surface area contributed by atoms with Crippen molar-refractivity contribution in [1.29, 1.82) is 0 Å². The van der Waals surface area contributed by atoms with Gasteiger partial charge < -0.3 is 25.6 Å². The standard InChI is InChI=1S/C33H60N2O7/c1-3-5-7-9-10-11-12-13-15-21-25-32(39)42-28(22-18-14-8-6-4-2)23-19-16-17-20-24-30(37)34-26-31(38)35-29(27-36)33(40)41/h7,9,28-29,36H,3-6,8,10-27H2,1-2H3,(H,34,37)(H,35,38)(H,40,41)/b9-7-. The molecule has 0 radical (unpaired) electrons. The van der Waals surface area contributed by atoms with Crippen LogP contribution in [0.2, 0.25) is 0 Å². The summed E-state index contributed by atoms with van der Waals surface area (Å²) in [5, 5.41) is 22.4. The summed E-state index contributed by atoms with van der Waals surface area (Å²) < 4.78 is 5.89. The van der Waals surface area contributed by atoms with Crippen LogP contribution < -0.4 is 10.6 Å². The fourth-order valence-electron chi connectivity index (χ4n) is 4.66. The van der Waals surface area contributed by atoms with Crippen molar-refractivity contribution in [3.8, 4) is 0 Å². The van der Waals surface area contributed by atoms with Gasteiger partial charge in [-0.15, -0.1) is 0 Å². The van der Waals surface area contributed by atoms with Crippen LogP contribution in [0, 0.1) is 0 Å². The van der Waals surface area contributed by atoms with Crippen LogP contribution in [-0.2, 0) is 23.9 Å². The molecule has 0 saturated heterocycles. The monoisotopic (exact) mass is 596 g/mol. The number of carbonyl (C=O) groups is 4. The molecule has 0 bridgehead atoms. The molecule has 0 aliphatic carbocycles. The smallest absolute Gasteiger partial charge is 0.328 e. The fraction of sp³-hybridized carbons (Fsp3) is 0.818. The molecule has 0 aliphatic rings. The second kappa shape index (κ2) is 28.7. The maximum Gasteiger partial charge on any atom is 0.328 e. The van der Waals surface area contributed by atoms with E-state index in [1.807, 2.05) is 0 Å². The number of rotatable bonds is 29. The van der Waals surface area contributed by atoms with E-state index >= 15 is 0 Å². The lowest BCUT2D eigenvalue weighted by Crippen LogP contribution is -2.47. The van der Waals surface area contributed by atoms with E-state index in [0.717, 1.165) is 70.6 Å². The molecule has 9 heteroatoms. The van der Waals surface area contributed by atoms with Gasteiger partial charge in [-0.3, -0.25) is 14.4 Å². The quantitative estimate of drug-likeness (QED) is 0.0447. The van der Waals surface area contributed by atoms with Gasteiger partial charge in [0, 0.05) is 12.8 Å². The van der Waals surface area contributed by atoms with Gasteiger partial charge in [0.25, 0.3) is 0 Å². The molecule has 0 spiro atoms. The number of hydrogen-bond donors (Lipinski definition) is 4. The Morgan fingerprint density at radius 2 is 1.26 bits per heavy atom. The summed E-state index contributed by atoms with van der Waals surface area (Å²) in [4.78, 5) is 47.0. The molecule has 0 heterocycles. The van der Waals surface area contributed by atoms with Crippen LogP contribution in [0.4, 0.5) is 0 Å². The predicted molar refractivity (Wildman–Crippen MR) is 167 cm³/mol. The number of carboxylic acids is 1. The number of amides is 2. The van der Waals surface area contributed by atoms with Gasteiger partial charge in [0.05, 0.1) is 13.2 Å². The maximum atomic E-state index is 12.5. The van der Waals surface area contributed by atoms with Crippen LogP contribution in [0.15, 0.2) is 12.2 Å². The highest BCUT2D eigenvalue weighted by Crippen LogP contribution is 2.18. The lowest BCUT2D eigenvalue weighted by atomic mass is 10.0. The van der Waals surface area contributed by atoms with E-state index in [-0.39, 0.29) is 30.9 Å². The molecule has 2 amide bonds. The predicted octanol–water partition coefficient (Wildman–Crippen LogP) is 6.36. The van der Waals surface area contributed by atoms with E-state index in [2.05, 4.69) is 36.6 Å². The van der Waals surface area contributed by atoms with Crippen molar-refractivity contribution < 1.29 is 34.1 Å². The minimum absolute atomic E-state index is 0.0376. The molecule has 9 nitrogen and oxygen atoms in total. The van der Waals surface area contributed by atoms with Gasteiger partial charge in [-0.2, -0.15) is 0 Å². The summed E-state index contributed by atoms with van der Waals surface area (Å²) in [7, 11) is 0. The van der Waals surface area contributed by atoms with E-state index in [1.165, 1.54) is 44.9 Å². The number of hydrogen-bond acceptors (Lipinski definition) is 6. The molecular weight excluding hydrogens is 536 g/mol. The highest BCUT2D eigenvalue weighted by atomic mass is 16.5. The molecule has 2 atom stereocenters. The first-order valence-electron chi connectivity index (χ1n) is 16.6. The molecule has 2 unspecified atom stereocenters. The lowest BCUT2D eigenvalue weighted by molar-refractivity contribution is -0.150. The van der Waals surface area contributed by atoms with Crippen LogP contribution >= 0.6 is 0 Å². The average Bonchev–Trinajstić information content (AvgIpc) is 2.96. The molecule has 0 rings (SSSR count). The van der Waals surface area contributed by atoms with Gasteiger partial charge in [0.2, 0.25) is 11.8 Å². The molecule has 0 saturated carbocycles. The zero-order chi connectivity index (χ0) is 31.3. The summed E-state index contributed by atoms with van der Waals surface area (Å²) >= 11 is 0. The minimum Gasteiger partial charge on any atom is -0.480 e. The van der Waals surface area contributed by atoms with Crippen molar-refractivity contribution in [2.24, 2.45) is 0 Å². The molecule has 0 aromatic rings. The largest absolute Gasteiger partial charge is 0.480 e. The molecule has 42 heavy (non-hydrogen) atoms. The number of aliphatic hydroxyl groups excluding tert-OH is 1. The van der Waals surface area contributed by atoms with Crippen molar-refractivity contribution in [2.45, 2.75) is 161 Å². The molecule has 0 aromatic carbocycles. The summed E-state index contributed by atoms with van der Waals surface area (Å²) in [6, 6.07) is -1.38. The number of allylic oxidation sites excluding steroid dienone is 2. The van der Waals surface area contributed by atoms with Crippen LogP contribution in [-0.4, -0.2) is 59.3 Å². The van der Waals surface area contributed by atoms with Gasteiger partial charge in [0.15, 0.2) is 0 Å². The summed E-state index contributed by atoms with van der Waals surface area (Å²) in [6.07, 6.45) is 25.4. The second-order valence-electron chi connectivity index (χ2n) is 11.3. The van der Waals surface area contributed by atoms with Crippen molar-refractivity contribution in [2.75, 3.05) is 13.2 Å². The van der Waals surface area contributed by atoms with Crippen LogP contribution in [0.1, 0.15) is 149 Å². The fourth-order valence-corrected chi connectivity index (χ4v) is 4.66. The molecular formula is C33H60N2O7. The normalized spacial score (nSPS) is 12.6. The number of carboxylic acid groups (broad SMARTS) is 1. The first-order chi connectivity index (χ1) is 20.3. The van der Waals surface area contributed by atoms with Gasteiger partial charge in [-0.1, -0.05) is 90.2 Å². The Bertz CT molecular complexity index is 742. The third-order valence-corrected chi connectivity index (χ3v) is 7.24. The minimum atomic E-state index is -1.38. The van der Waals surface area contributed by atoms with Crippen LogP contribution in [0.25, 0.3) is 0 Å². The number of carbonyl (C=O) groups excluding carboxylic acids is 3. The molecule has 0 fully saturated rings. The van der Waals surface area contributed by atoms with E-state index < -0.39 is 24.5 Å². The zero-order valence-corrected chi connectivity index (χ0v) is 26.5. The SMILES string of the molecule is CCC/C=C\CCCCCCCC(=O)OC(CCCCCCC)CCCCCCC(=O)NCC(=O)NC(CO)C(=O)O. The number of esters is 1. The zero-order valence-electron chi connectivity index (χ0n) is 26.5. The van der Waals surface area contributed by atoms with Crippen molar-refractivity contribution in [1.82, 2.24) is 10.6 Å². The van der Waals surface area contributed by atoms with Gasteiger partial charge in [0.1, 0.15) is 12.1 Å². The number of ether oxygens (including phenoxy) is 1. The first-order valence-corrected chi connectivity index (χ1v) is 16.6. The summed E-state index contributed by atoms with van der Waals surface area (Å²) in [5.74, 6) is -2.35. The Balaban J connectivity index is 4.17. The Labute approximate surface area is 254 Å². The Morgan fingerprint density at radius 3 is 1.88 bits per heavy atom. The molecule has 244 valence electrons. The number of nitrogens with one attached hydrogen (secondary N) is 2. The van der Waals surface area contributed by atoms with Crippen molar-refractivity contribution >= 4 is 23.8 Å². The average molecular weight is 597 g/mol. The van der Waals surface area contributed by atoms with Gasteiger partial charge in [-0.25, -0.2) is 4.79 Å². The van der Waals surface area contributed by atoms with Crippen molar-refractivity contribution in [3.63, 3.8) is 0 Å². The topological polar surface area (TPSA) is 142 Å². The van der Waals surface area contributed by atoms with Gasteiger partial charge in [-0.05, 0) is 57.8 Å². The third kappa shape index (κ3) is 25.3. The van der Waals surface area contributed by atoms with Gasteiger partial charge >= 0.3 is 11.9 Å². The summed E-state index contributed by atoms with van der Waals surface area (Å²) in [5.41, 5.74) is 0. The van der Waals surface area contributed by atoms with E-state index in [1.54, 1.807) is 0 Å². The Kier molecular flexibility index (Phi) is 27.0. The Morgan fingerprint density at radius 1 is 0.690 bits per heavy atom. The highest BCUT2D eigenvalue weighted by molar-refractivity contribution is 5.87. The number of aliphatic hydroxyl groups is 1. The second-order valence-corrected chi connectivity index (χ2v) is 11.3. The Hall–Kier alpha value is -2.42. The van der Waals surface area contributed by atoms with Crippen LogP contribution in [0.5, 0.6) is 0 Å². The molecule has 0 aromatic heterocycles.